The molecular weight excluding hydrogens is 174 g/mol. The Morgan fingerprint density at radius 2 is 1.92 bits per heavy atom. The maximum absolute atomic E-state index is 10.1. The van der Waals surface area contributed by atoms with Crippen LogP contribution in [0.2, 0.25) is 0 Å². The third-order valence-electron chi connectivity index (χ3n) is 1.96. The lowest BCUT2D eigenvalue weighted by molar-refractivity contribution is -0.131. The molecule has 0 aromatic rings. The molecular formula is C8H13NO4. The molecule has 0 radical (unpaired) electrons. The Balaban J connectivity index is 2.28. The zero-order valence-electron chi connectivity index (χ0n) is 7.13. The maximum atomic E-state index is 10.1. The molecule has 1 aliphatic rings. The minimum Gasteiger partial charge on any atom is -0.478 e. The van der Waals surface area contributed by atoms with E-state index in [1.165, 1.54) is 6.08 Å². The van der Waals surface area contributed by atoms with Crippen LogP contribution in [0.15, 0.2) is 12.2 Å². The Morgan fingerprint density at radius 3 is 2.38 bits per heavy atom. The van der Waals surface area contributed by atoms with Crippen molar-refractivity contribution in [3.8, 4) is 0 Å². The van der Waals surface area contributed by atoms with Gasteiger partial charge in [0.25, 0.3) is 0 Å². The standard InChI is InChI=1S/C8H13NO4/c10-6-4-9(5-7(6)11)3-1-2-8(12)13/h1-2,6-7,10-11H,3-5H2,(H,12,13)/b2-1+. The Morgan fingerprint density at radius 1 is 1.38 bits per heavy atom. The summed E-state index contributed by atoms with van der Waals surface area (Å²) in [5, 5.41) is 26.6. The summed E-state index contributed by atoms with van der Waals surface area (Å²) in [6.07, 6.45) is 1.13. The van der Waals surface area contributed by atoms with E-state index in [4.69, 9.17) is 15.3 Å². The molecule has 0 saturated carbocycles. The zero-order valence-corrected chi connectivity index (χ0v) is 7.13. The number of likely N-dealkylation sites (tertiary alicyclic amines) is 1. The van der Waals surface area contributed by atoms with E-state index >= 15 is 0 Å². The molecule has 1 aliphatic heterocycles. The van der Waals surface area contributed by atoms with E-state index in [-0.39, 0.29) is 0 Å². The van der Waals surface area contributed by atoms with E-state index in [0.717, 1.165) is 6.08 Å². The molecule has 13 heavy (non-hydrogen) atoms. The molecule has 1 heterocycles. The highest BCUT2D eigenvalue weighted by molar-refractivity contribution is 5.79. The number of carbonyl (C=O) groups is 1. The van der Waals surface area contributed by atoms with E-state index in [9.17, 15) is 4.79 Å². The van der Waals surface area contributed by atoms with Crippen molar-refractivity contribution < 1.29 is 20.1 Å². The first-order valence-corrected chi connectivity index (χ1v) is 4.07. The van der Waals surface area contributed by atoms with Crippen molar-refractivity contribution in [2.24, 2.45) is 0 Å². The van der Waals surface area contributed by atoms with Crippen LogP contribution < -0.4 is 0 Å². The number of aliphatic hydroxyl groups is 2. The first-order chi connectivity index (χ1) is 6.09. The molecule has 0 aromatic heterocycles. The number of β-amino-alcohol motifs (C(OH)–C–C–N with tert-alkyl or cyclic N) is 2. The molecule has 1 fully saturated rings. The van der Waals surface area contributed by atoms with Gasteiger partial charge in [-0.05, 0) is 0 Å². The van der Waals surface area contributed by atoms with Gasteiger partial charge in [-0.2, -0.15) is 0 Å². The van der Waals surface area contributed by atoms with Gasteiger partial charge >= 0.3 is 5.97 Å². The highest BCUT2D eigenvalue weighted by Gasteiger charge is 2.28. The molecule has 0 spiro atoms. The highest BCUT2D eigenvalue weighted by Crippen LogP contribution is 2.08. The third kappa shape index (κ3) is 3.14. The van der Waals surface area contributed by atoms with Gasteiger partial charge in [0, 0.05) is 25.7 Å². The van der Waals surface area contributed by atoms with Crippen LogP contribution in [-0.4, -0.2) is 58.0 Å². The summed E-state index contributed by atoms with van der Waals surface area (Å²) in [6.45, 7) is 1.23. The van der Waals surface area contributed by atoms with Crippen molar-refractivity contribution in [3.05, 3.63) is 12.2 Å². The zero-order chi connectivity index (χ0) is 9.84. The van der Waals surface area contributed by atoms with Gasteiger partial charge in [-0.15, -0.1) is 0 Å². The van der Waals surface area contributed by atoms with E-state index in [2.05, 4.69) is 0 Å². The fourth-order valence-electron chi connectivity index (χ4n) is 1.30. The second-order valence-electron chi connectivity index (χ2n) is 3.09. The van der Waals surface area contributed by atoms with Crippen LogP contribution in [0.4, 0.5) is 0 Å². The minimum absolute atomic E-state index is 0.394. The molecule has 1 saturated heterocycles. The van der Waals surface area contributed by atoms with Gasteiger partial charge in [0.2, 0.25) is 0 Å². The van der Waals surface area contributed by atoms with E-state index in [1.54, 1.807) is 4.90 Å². The predicted octanol–water partition coefficient (Wildman–Crippen LogP) is -1.34. The topological polar surface area (TPSA) is 81.0 Å². The smallest absolute Gasteiger partial charge is 0.328 e. The molecule has 2 unspecified atom stereocenters. The highest BCUT2D eigenvalue weighted by atomic mass is 16.4. The predicted molar refractivity (Wildman–Crippen MR) is 45.2 cm³/mol. The summed E-state index contributed by atoms with van der Waals surface area (Å²) in [5.41, 5.74) is 0. The molecule has 5 heteroatoms. The quantitative estimate of drug-likeness (QED) is 0.477. The molecule has 5 nitrogen and oxygen atoms in total. The Bertz CT molecular complexity index is 206. The Labute approximate surface area is 75.9 Å². The number of nitrogens with zero attached hydrogens (tertiary/aromatic N) is 1. The average molecular weight is 187 g/mol. The summed E-state index contributed by atoms with van der Waals surface area (Å²) in [5.74, 6) is -0.986. The summed E-state index contributed by atoms with van der Waals surface area (Å²) < 4.78 is 0. The van der Waals surface area contributed by atoms with Crippen molar-refractivity contribution in [1.29, 1.82) is 0 Å². The van der Waals surface area contributed by atoms with Gasteiger partial charge in [-0.1, -0.05) is 6.08 Å². The largest absolute Gasteiger partial charge is 0.478 e. The summed E-state index contributed by atoms with van der Waals surface area (Å²) in [6, 6.07) is 0. The number of carboxylic acid groups (broad SMARTS) is 1. The average Bonchev–Trinajstić information content (AvgIpc) is 2.30. The summed E-state index contributed by atoms with van der Waals surface area (Å²) in [4.78, 5) is 11.9. The Kier molecular flexibility index (Phi) is 3.41. The van der Waals surface area contributed by atoms with Gasteiger partial charge in [0.1, 0.15) is 0 Å². The van der Waals surface area contributed by atoms with Gasteiger partial charge in [0.05, 0.1) is 12.2 Å². The minimum atomic E-state index is -0.986. The van der Waals surface area contributed by atoms with Crippen LogP contribution in [0, 0.1) is 0 Å². The number of aliphatic carboxylic acids is 1. The second kappa shape index (κ2) is 4.36. The van der Waals surface area contributed by atoms with Gasteiger partial charge in [-0.25, -0.2) is 4.79 Å². The van der Waals surface area contributed by atoms with Gasteiger partial charge < -0.3 is 15.3 Å². The second-order valence-corrected chi connectivity index (χ2v) is 3.09. The number of hydrogen-bond donors (Lipinski definition) is 3. The fourth-order valence-corrected chi connectivity index (χ4v) is 1.30. The molecule has 0 amide bonds. The van der Waals surface area contributed by atoms with Crippen LogP contribution in [-0.2, 0) is 4.79 Å². The number of aliphatic hydroxyl groups excluding tert-OH is 2. The normalized spacial score (nSPS) is 30.0. The molecule has 1 rings (SSSR count). The lowest BCUT2D eigenvalue weighted by Gasteiger charge is -2.10. The molecule has 0 aliphatic carbocycles. The van der Waals surface area contributed by atoms with Crippen LogP contribution in [0.1, 0.15) is 0 Å². The van der Waals surface area contributed by atoms with E-state index < -0.39 is 18.2 Å². The lowest BCUT2D eigenvalue weighted by Crippen LogP contribution is -2.22. The van der Waals surface area contributed by atoms with E-state index in [1.807, 2.05) is 0 Å². The van der Waals surface area contributed by atoms with Crippen molar-refractivity contribution in [2.45, 2.75) is 12.2 Å². The van der Waals surface area contributed by atoms with Gasteiger partial charge in [0.15, 0.2) is 0 Å². The van der Waals surface area contributed by atoms with Crippen LogP contribution >= 0.6 is 0 Å². The van der Waals surface area contributed by atoms with Crippen molar-refractivity contribution in [3.63, 3.8) is 0 Å². The molecule has 2 atom stereocenters. The van der Waals surface area contributed by atoms with Crippen LogP contribution in [0.25, 0.3) is 0 Å². The molecule has 0 bridgehead atoms. The maximum Gasteiger partial charge on any atom is 0.328 e. The number of rotatable bonds is 3. The number of carboxylic acids is 1. The molecule has 74 valence electrons. The lowest BCUT2D eigenvalue weighted by atomic mass is 10.3. The SMILES string of the molecule is O=C(O)/C=C/CN1CC(O)C(O)C1. The van der Waals surface area contributed by atoms with Crippen LogP contribution in [0.5, 0.6) is 0 Å². The summed E-state index contributed by atoms with van der Waals surface area (Å²) >= 11 is 0. The summed E-state index contributed by atoms with van der Waals surface area (Å²) in [7, 11) is 0. The third-order valence-corrected chi connectivity index (χ3v) is 1.96. The van der Waals surface area contributed by atoms with Gasteiger partial charge in [-0.3, -0.25) is 4.90 Å². The molecule has 0 aromatic carbocycles. The number of hydrogen-bond acceptors (Lipinski definition) is 4. The molecule has 3 N–H and O–H groups in total. The van der Waals surface area contributed by atoms with Crippen molar-refractivity contribution in [1.82, 2.24) is 4.90 Å². The van der Waals surface area contributed by atoms with Crippen molar-refractivity contribution >= 4 is 5.97 Å². The first kappa shape index (κ1) is 10.2. The monoisotopic (exact) mass is 187 g/mol. The first-order valence-electron chi connectivity index (χ1n) is 4.07. The Hall–Kier alpha value is -0.910. The van der Waals surface area contributed by atoms with E-state index in [0.29, 0.717) is 19.6 Å². The van der Waals surface area contributed by atoms with Crippen molar-refractivity contribution in [2.75, 3.05) is 19.6 Å². The van der Waals surface area contributed by atoms with Crippen LogP contribution in [0.3, 0.4) is 0 Å². The fraction of sp³-hybridized carbons (Fsp3) is 0.625.